The normalized spacial score (nSPS) is 24.4. The lowest BCUT2D eigenvalue weighted by molar-refractivity contribution is -0.154. The predicted molar refractivity (Wildman–Crippen MR) is 154 cm³/mol. The van der Waals surface area contributed by atoms with Gasteiger partial charge in [0, 0.05) is 23.9 Å². The molecule has 0 aromatic heterocycles. The van der Waals surface area contributed by atoms with Crippen molar-refractivity contribution in [3.8, 4) is 5.75 Å². The second kappa shape index (κ2) is 11.4. The van der Waals surface area contributed by atoms with Gasteiger partial charge in [0.2, 0.25) is 5.91 Å². The number of hydrogen-bond acceptors (Lipinski definition) is 7. The number of ether oxygens (including phenoxy) is 3. The SMILES string of the molecule is COc1ccc(COC(=O)C2=C3[C@@H](OC)[C@@H](c4ccccc4)[C@@H]3S[C@@H]3[C@H](NC(=O)Cc4ccccc4)C(=O)N23)cc1. The molecule has 1 aliphatic carbocycles. The molecule has 3 aromatic rings. The van der Waals surface area contributed by atoms with Gasteiger partial charge in [0.1, 0.15) is 29.5 Å². The zero-order chi connectivity index (χ0) is 28.5. The van der Waals surface area contributed by atoms with E-state index in [9.17, 15) is 14.4 Å². The molecular formula is C32H30N2O6S. The summed E-state index contributed by atoms with van der Waals surface area (Å²) < 4.78 is 16.8. The molecule has 9 heteroatoms. The van der Waals surface area contributed by atoms with Gasteiger partial charge < -0.3 is 19.5 Å². The number of carbonyl (C=O) groups excluding carboxylic acids is 3. The second-order valence-electron chi connectivity index (χ2n) is 10.2. The fraction of sp³-hybridized carbons (Fsp3) is 0.281. The van der Waals surface area contributed by atoms with Crippen LogP contribution < -0.4 is 10.1 Å². The Morgan fingerprint density at radius 3 is 2.24 bits per heavy atom. The van der Waals surface area contributed by atoms with Crippen molar-refractivity contribution in [3.05, 3.63) is 113 Å². The van der Waals surface area contributed by atoms with Crippen molar-refractivity contribution in [2.75, 3.05) is 14.2 Å². The fourth-order valence-corrected chi connectivity index (χ4v) is 7.57. The van der Waals surface area contributed by atoms with Crippen LogP contribution in [-0.4, -0.2) is 59.7 Å². The van der Waals surface area contributed by atoms with E-state index in [-0.39, 0.29) is 47.8 Å². The monoisotopic (exact) mass is 570 g/mol. The Labute approximate surface area is 242 Å². The van der Waals surface area contributed by atoms with Crippen molar-refractivity contribution >= 4 is 29.5 Å². The highest BCUT2D eigenvalue weighted by molar-refractivity contribution is 8.01. The summed E-state index contributed by atoms with van der Waals surface area (Å²) in [5, 5.41) is 2.38. The van der Waals surface area contributed by atoms with E-state index in [0.29, 0.717) is 5.75 Å². The number of fused-ring (bicyclic) bond motifs is 2. The van der Waals surface area contributed by atoms with Crippen molar-refractivity contribution in [3.63, 3.8) is 0 Å². The molecule has 2 fully saturated rings. The molecule has 210 valence electrons. The molecule has 8 nitrogen and oxygen atoms in total. The largest absolute Gasteiger partial charge is 0.497 e. The molecule has 0 radical (unpaired) electrons. The van der Waals surface area contributed by atoms with Crippen molar-refractivity contribution in [1.29, 1.82) is 0 Å². The average molecular weight is 571 g/mol. The third kappa shape index (κ3) is 5.00. The lowest BCUT2D eigenvalue weighted by Crippen LogP contribution is -2.73. The summed E-state index contributed by atoms with van der Waals surface area (Å²) >= 11 is 1.58. The van der Waals surface area contributed by atoms with Crippen LogP contribution in [0.5, 0.6) is 5.75 Å². The van der Waals surface area contributed by atoms with Crippen LogP contribution in [0.25, 0.3) is 0 Å². The van der Waals surface area contributed by atoms with Crippen LogP contribution in [0.4, 0.5) is 0 Å². The van der Waals surface area contributed by atoms with Crippen LogP contribution in [0.1, 0.15) is 22.6 Å². The molecule has 6 rings (SSSR count). The molecule has 2 amide bonds. The Hall–Kier alpha value is -4.08. The second-order valence-corrected chi connectivity index (χ2v) is 11.4. The predicted octanol–water partition coefficient (Wildman–Crippen LogP) is 3.82. The van der Waals surface area contributed by atoms with Gasteiger partial charge >= 0.3 is 5.97 Å². The van der Waals surface area contributed by atoms with E-state index in [0.717, 1.165) is 22.3 Å². The van der Waals surface area contributed by atoms with Gasteiger partial charge in [-0.15, -0.1) is 11.8 Å². The number of benzene rings is 3. The van der Waals surface area contributed by atoms with Crippen molar-refractivity contribution < 1.29 is 28.6 Å². The standard InChI is InChI=1S/C32H30N2O6S/c1-38-22-15-13-20(14-16-22)18-40-32(37)27-25-28(39-2)24(21-11-7-4-8-12-21)29(25)41-31-26(30(36)34(27)31)33-23(35)17-19-9-5-3-6-10-19/h3-16,24,26,28-29,31H,17-18H2,1-2H3,(H,33,35)/t24-,26-,28+,29+,31-/m1/s1. The number of rotatable bonds is 9. The minimum atomic E-state index is -0.736. The van der Waals surface area contributed by atoms with Gasteiger partial charge in [-0.25, -0.2) is 4.79 Å². The van der Waals surface area contributed by atoms with Crippen LogP contribution in [0.2, 0.25) is 0 Å². The maximum Gasteiger partial charge on any atom is 0.355 e. The van der Waals surface area contributed by atoms with Crippen LogP contribution in [0, 0.1) is 0 Å². The Morgan fingerprint density at radius 1 is 0.902 bits per heavy atom. The molecule has 2 aliphatic heterocycles. The molecule has 2 heterocycles. The van der Waals surface area contributed by atoms with Crippen LogP contribution in [-0.2, 0) is 36.9 Å². The van der Waals surface area contributed by atoms with E-state index in [1.807, 2.05) is 72.8 Å². The number of esters is 1. The van der Waals surface area contributed by atoms with Gasteiger partial charge in [0.15, 0.2) is 0 Å². The van der Waals surface area contributed by atoms with Crippen LogP contribution in [0.3, 0.4) is 0 Å². The lowest BCUT2D eigenvalue weighted by atomic mass is 9.70. The van der Waals surface area contributed by atoms with Gasteiger partial charge in [-0.1, -0.05) is 72.8 Å². The minimum Gasteiger partial charge on any atom is -0.497 e. The quantitative estimate of drug-likeness (QED) is 0.309. The molecule has 1 N–H and O–H groups in total. The maximum absolute atomic E-state index is 13.6. The third-order valence-corrected chi connectivity index (χ3v) is 9.40. The zero-order valence-corrected chi connectivity index (χ0v) is 23.5. The zero-order valence-electron chi connectivity index (χ0n) is 22.7. The first-order valence-electron chi connectivity index (χ1n) is 13.4. The molecule has 3 aliphatic rings. The molecule has 0 bridgehead atoms. The maximum atomic E-state index is 13.6. The van der Waals surface area contributed by atoms with Crippen molar-refractivity contribution in [1.82, 2.24) is 10.2 Å². The van der Waals surface area contributed by atoms with Gasteiger partial charge in [0.05, 0.1) is 19.6 Å². The van der Waals surface area contributed by atoms with Crippen molar-refractivity contribution in [2.45, 2.75) is 41.7 Å². The number of hydrogen-bond donors (Lipinski definition) is 1. The Kier molecular flexibility index (Phi) is 7.55. The summed E-state index contributed by atoms with van der Waals surface area (Å²) in [7, 11) is 3.21. The molecule has 1 saturated heterocycles. The van der Waals surface area contributed by atoms with E-state index in [2.05, 4.69) is 5.32 Å². The number of amides is 2. The number of thioether (sulfide) groups is 1. The average Bonchev–Trinajstić information content (AvgIpc) is 3.00. The van der Waals surface area contributed by atoms with E-state index in [4.69, 9.17) is 14.2 Å². The number of methoxy groups -OCH3 is 2. The Bertz CT molecular complexity index is 1480. The number of nitrogens with zero attached hydrogens (tertiary/aromatic N) is 1. The summed E-state index contributed by atoms with van der Waals surface area (Å²) in [6.07, 6.45) is -0.208. The number of nitrogens with one attached hydrogen (secondary N) is 1. The van der Waals surface area contributed by atoms with Gasteiger partial charge in [-0.05, 0) is 28.8 Å². The summed E-state index contributed by atoms with van der Waals surface area (Å²) in [6.45, 7) is 0.0428. The first kappa shape index (κ1) is 27.1. The van der Waals surface area contributed by atoms with E-state index < -0.39 is 17.4 Å². The molecule has 1 saturated carbocycles. The highest BCUT2D eigenvalue weighted by atomic mass is 32.2. The van der Waals surface area contributed by atoms with E-state index in [1.165, 1.54) is 4.90 Å². The molecular weight excluding hydrogens is 540 g/mol. The van der Waals surface area contributed by atoms with Crippen LogP contribution in [0.15, 0.2) is 96.2 Å². The summed E-state index contributed by atoms with van der Waals surface area (Å²) in [5.41, 5.74) is 3.73. The molecule has 3 aromatic carbocycles. The summed E-state index contributed by atoms with van der Waals surface area (Å²) in [6, 6.07) is 25.9. The van der Waals surface area contributed by atoms with E-state index >= 15 is 0 Å². The number of carbonyl (C=O) groups is 3. The van der Waals surface area contributed by atoms with Crippen LogP contribution >= 0.6 is 11.8 Å². The van der Waals surface area contributed by atoms with Gasteiger partial charge in [0.25, 0.3) is 5.91 Å². The summed E-state index contributed by atoms with van der Waals surface area (Å²) in [4.78, 5) is 41.5. The Morgan fingerprint density at radius 2 is 1.59 bits per heavy atom. The first-order chi connectivity index (χ1) is 20.0. The lowest BCUT2D eigenvalue weighted by Gasteiger charge is -2.58. The van der Waals surface area contributed by atoms with Gasteiger partial charge in [-0.3, -0.25) is 14.5 Å². The van der Waals surface area contributed by atoms with Crippen molar-refractivity contribution in [2.24, 2.45) is 0 Å². The van der Waals surface area contributed by atoms with E-state index in [1.54, 1.807) is 38.1 Å². The summed E-state index contributed by atoms with van der Waals surface area (Å²) in [5.74, 6) is -0.456. The highest BCUT2D eigenvalue weighted by Crippen LogP contribution is 2.58. The Balaban J connectivity index is 1.26. The molecule has 41 heavy (non-hydrogen) atoms. The fourth-order valence-electron chi connectivity index (χ4n) is 5.74. The molecule has 5 atom stereocenters. The smallest absolute Gasteiger partial charge is 0.355 e. The molecule has 0 spiro atoms. The minimum absolute atomic E-state index is 0.0101. The topological polar surface area (TPSA) is 94.2 Å². The van der Waals surface area contributed by atoms with Gasteiger partial charge in [-0.2, -0.15) is 0 Å². The first-order valence-corrected chi connectivity index (χ1v) is 14.4. The number of β-lactam (4-membered cyclic amide) rings is 1. The third-order valence-electron chi connectivity index (χ3n) is 7.79. The highest BCUT2D eigenvalue weighted by Gasteiger charge is 2.63. The molecule has 0 unspecified atom stereocenters.